The zero-order valence-electron chi connectivity index (χ0n) is 12.5. The fourth-order valence-corrected chi connectivity index (χ4v) is 2.17. The number of anilines is 1. The van der Waals surface area contributed by atoms with Gasteiger partial charge in [0.25, 0.3) is 0 Å². The lowest BCUT2D eigenvalue weighted by atomic mass is 10.1. The third-order valence-electron chi connectivity index (χ3n) is 3.24. The first kappa shape index (κ1) is 14.5. The third-order valence-corrected chi connectivity index (χ3v) is 3.24. The van der Waals surface area contributed by atoms with Crippen molar-refractivity contribution in [1.82, 2.24) is 0 Å². The molecule has 0 radical (unpaired) electrons. The van der Waals surface area contributed by atoms with Crippen molar-refractivity contribution in [3.05, 3.63) is 47.9 Å². The lowest BCUT2D eigenvalue weighted by Crippen LogP contribution is -2.16. The van der Waals surface area contributed by atoms with Crippen LogP contribution in [-0.2, 0) is 6.42 Å². The average molecular weight is 273 g/mol. The molecule has 0 spiro atoms. The summed E-state index contributed by atoms with van der Waals surface area (Å²) in [4.78, 5) is 0. The molecule has 20 heavy (non-hydrogen) atoms. The predicted molar refractivity (Wildman–Crippen MR) is 82.5 cm³/mol. The molecule has 0 bridgehead atoms. The van der Waals surface area contributed by atoms with Crippen LogP contribution in [0.2, 0.25) is 0 Å². The van der Waals surface area contributed by atoms with Crippen LogP contribution in [0.4, 0.5) is 5.69 Å². The second-order valence-electron chi connectivity index (χ2n) is 5.10. The number of nitrogens with one attached hydrogen (secondary N) is 1. The van der Waals surface area contributed by atoms with E-state index in [1.165, 1.54) is 5.56 Å². The second kappa shape index (κ2) is 7.04. The van der Waals surface area contributed by atoms with Gasteiger partial charge in [0.1, 0.15) is 11.5 Å². The van der Waals surface area contributed by atoms with Crippen LogP contribution in [0.1, 0.15) is 31.6 Å². The van der Waals surface area contributed by atoms with E-state index in [1.54, 1.807) is 6.26 Å². The maximum Gasteiger partial charge on any atom is 0.142 e. The number of rotatable bonds is 7. The van der Waals surface area contributed by atoms with E-state index in [2.05, 4.69) is 37.4 Å². The first-order valence-electron chi connectivity index (χ1n) is 7.21. The van der Waals surface area contributed by atoms with Crippen LogP contribution in [0.15, 0.2) is 41.0 Å². The monoisotopic (exact) mass is 273 g/mol. The summed E-state index contributed by atoms with van der Waals surface area (Å²) in [6.07, 6.45) is 3.69. The Kier molecular flexibility index (Phi) is 5.10. The molecule has 0 saturated heterocycles. The average Bonchev–Trinajstić information content (AvgIpc) is 2.93. The summed E-state index contributed by atoms with van der Waals surface area (Å²) in [5, 5.41) is 3.52. The normalized spacial score (nSPS) is 12.2. The number of aryl methyl sites for hydroxylation is 2. The third kappa shape index (κ3) is 4.05. The zero-order valence-corrected chi connectivity index (χ0v) is 12.5. The molecule has 0 aliphatic carbocycles. The van der Waals surface area contributed by atoms with Crippen molar-refractivity contribution in [1.29, 1.82) is 0 Å². The van der Waals surface area contributed by atoms with Crippen molar-refractivity contribution in [3.8, 4) is 5.75 Å². The van der Waals surface area contributed by atoms with Crippen molar-refractivity contribution in [2.24, 2.45) is 0 Å². The van der Waals surface area contributed by atoms with Gasteiger partial charge in [-0.05, 0) is 57.0 Å². The molecular weight excluding hydrogens is 250 g/mol. The lowest BCUT2D eigenvalue weighted by Gasteiger charge is -2.18. The van der Waals surface area contributed by atoms with Crippen LogP contribution in [0.5, 0.6) is 5.75 Å². The van der Waals surface area contributed by atoms with E-state index < -0.39 is 0 Å². The summed E-state index contributed by atoms with van der Waals surface area (Å²) < 4.78 is 11.0. The quantitative estimate of drug-likeness (QED) is 0.811. The van der Waals surface area contributed by atoms with Crippen LogP contribution in [0, 0.1) is 6.92 Å². The summed E-state index contributed by atoms with van der Waals surface area (Å²) in [7, 11) is 0. The molecule has 1 aromatic carbocycles. The molecule has 108 valence electrons. The zero-order chi connectivity index (χ0) is 14.4. The van der Waals surface area contributed by atoms with Gasteiger partial charge in [0.15, 0.2) is 0 Å². The van der Waals surface area contributed by atoms with E-state index >= 15 is 0 Å². The molecule has 0 aliphatic heterocycles. The molecule has 0 aliphatic rings. The fourth-order valence-electron chi connectivity index (χ4n) is 2.17. The van der Waals surface area contributed by atoms with Crippen molar-refractivity contribution in [2.75, 3.05) is 11.9 Å². The molecule has 0 saturated carbocycles. The van der Waals surface area contributed by atoms with Gasteiger partial charge in [0.05, 0.1) is 18.6 Å². The smallest absolute Gasteiger partial charge is 0.142 e. The van der Waals surface area contributed by atoms with E-state index in [1.807, 2.05) is 19.1 Å². The van der Waals surface area contributed by atoms with Crippen LogP contribution >= 0.6 is 0 Å². The summed E-state index contributed by atoms with van der Waals surface area (Å²) >= 11 is 0. The summed E-state index contributed by atoms with van der Waals surface area (Å²) in [6, 6.07) is 10.6. The SMILES string of the molecule is CCOc1cc(C)ccc1NC(C)CCc1ccco1. The van der Waals surface area contributed by atoms with Gasteiger partial charge in [0.2, 0.25) is 0 Å². The van der Waals surface area contributed by atoms with Crippen LogP contribution in [0.3, 0.4) is 0 Å². The van der Waals surface area contributed by atoms with Crippen LogP contribution in [-0.4, -0.2) is 12.6 Å². The molecule has 1 unspecified atom stereocenters. The number of benzene rings is 1. The van der Waals surface area contributed by atoms with E-state index in [0.29, 0.717) is 12.6 Å². The minimum atomic E-state index is 0.363. The van der Waals surface area contributed by atoms with Crippen molar-refractivity contribution in [3.63, 3.8) is 0 Å². The summed E-state index contributed by atoms with van der Waals surface area (Å²) in [5.74, 6) is 1.96. The molecule has 1 N–H and O–H groups in total. The van der Waals surface area contributed by atoms with Gasteiger partial charge in [0, 0.05) is 12.5 Å². The molecule has 1 heterocycles. The highest BCUT2D eigenvalue weighted by Gasteiger charge is 2.08. The Bertz CT molecular complexity index is 520. The Balaban J connectivity index is 1.94. The molecule has 2 rings (SSSR count). The fraction of sp³-hybridized carbons (Fsp3) is 0.412. The number of hydrogen-bond acceptors (Lipinski definition) is 3. The Hall–Kier alpha value is -1.90. The molecule has 2 aromatic rings. The highest BCUT2D eigenvalue weighted by Crippen LogP contribution is 2.27. The van der Waals surface area contributed by atoms with Crippen LogP contribution in [0.25, 0.3) is 0 Å². The lowest BCUT2D eigenvalue weighted by molar-refractivity contribution is 0.341. The van der Waals surface area contributed by atoms with Crippen molar-refractivity contribution >= 4 is 5.69 Å². The van der Waals surface area contributed by atoms with Gasteiger partial charge >= 0.3 is 0 Å². The summed E-state index contributed by atoms with van der Waals surface area (Å²) in [5.41, 5.74) is 2.27. The minimum absolute atomic E-state index is 0.363. The number of furan rings is 1. The predicted octanol–water partition coefficient (Wildman–Crippen LogP) is 4.42. The van der Waals surface area contributed by atoms with E-state index in [0.717, 1.165) is 30.0 Å². The molecule has 3 heteroatoms. The first-order chi connectivity index (χ1) is 9.69. The topological polar surface area (TPSA) is 34.4 Å². The number of ether oxygens (including phenoxy) is 1. The van der Waals surface area contributed by atoms with Crippen molar-refractivity contribution < 1.29 is 9.15 Å². The molecule has 1 aromatic heterocycles. The van der Waals surface area contributed by atoms with Gasteiger partial charge < -0.3 is 14.5 Å². The van der Waals surface area contributed by atoms with E-state index in [9.17, 15) is 0 Å². The maximum atomic E-state index is 5.69. The standard InChI is InChI=1S/C17H23NO2/c1-4-19-17-12-13(2)7-10-16(17)18-14(3)8-9-15-6-5-11-20-15/h5-7,10-12,14,18H,4,8-9H2,1-3H3. The Labute approximate surface area is 121 Å². The Morgan fingerprint density at radius 2 is 2.15 bits per heavy atom. The molecule has 1 atom stereocenters. The van der Waals surface area contributed by atoms with Crippen LogP contribution < -0.4 is 10.1 Å². The molecule has 0 amide bonds. The Morgan fingerprint density at radius 1 is 1.30 bits per heavy atom. The van der Waals surface area contributed by atoms with Gasteiger partial charge in [-0.3, -0.25) is 0 Å². The van der Waals surface area contributed by atoms with Gasteiger partial charge in [-0.1, -0.05) is 6.07 Å². The van der Waals surface area contributed by atoms with E-state index in [-0.39, 0.29) is 0 Å². The Morgan fingerprint density at radius 3 is 2.85 bits per heavy atom. The molecule has 0 fully saturated rings. The summed E-state index contributed by atoms with van der Waals surface area (Å²) in [6.45, 7) is 6.94. The van der Waals surface area contributed by atoms with Gasteiger partial charge in [-0.15, -0.1) is 0 Å². The minimum Gasteiger partial charge on any atom is -0.492 e. The first-order valence-corrected chi connectivity index (χ1v) is 7.21. The molecule has 3 nitrogen and oxygen atoms in total. The van der Waals surface area contributed by atoms with Gasteiger partial charge in [-0.2, -0.15) is 0 Å². The van der Waals surface area contributed by atoms with E-state index in [4.69, 9.17) is 9.15 Å². The highest BCUT2D eigenvalue weighted by atomic mass is 16.5. The highest BCUT2D eigenvalue weighted by molar-refractivity contribution is 5.58. The largest absolute Gasteiger partial charge is 0.492 e. The second-order valence-corrected chi connectivity index (χ2v) is 5.10. The number of hydrogen-bond donors (Lipinski definition) is 1. The molecular formula is C17H23NO2. The van der Waals surface area contributed by atoms with Gasteiger partial charge in [-0.25, -0.2) is 0 Å². The van der Waals surface area contributed by atoms with Crippen molar-refractivity contribution in [2.45, 2.75) is 39.7 Å². The maximum absolute atomic E-state index is 5.69.